The van der Waals surface area contributed by atoms with Gasteiger partial charge < -0.3 is 15.1 Å². The molecule has 2 heterocycles. The summed E-state index contributed by atoms with van der Waals surface area (Å²) in [7, 11) is -3.82. The van der Waals surface area contributed by atoms with Crippen molar-refractivity contribution in [1.29, 1.82) is 0 Å². The largest absolute Gasteiger partial charge is 0.516 e. The van der Waals surface area contributed by atoms with Crippen LogP contribution in [0.25, 0.3) is 11.3 Å². The van der Waals surface area contributed by atoms with E-state index in [1.165, 1.54) is 18.2 Å². The van der Waals surface area contributed by atoms with Gasteiger partial charge in [0.25, 0.3) is 5.91 Å². The van der Waals surface area contributed by atoms with E-state index in [0.29, 0.717) is 16.9 Å². The normalized spacial score (nSPS) is 16.7. The maximum Gasteiger partial charge on any atom is 0.516 e. The van der Waals surface area contributed by atoms with Gasteiger partial charge in [-0.3, -0.25) is 9.52 Å². The molecule has 1 saturated heterocycles. The lowest BCUT2D eigenvalue weighted by Gasteiger charge is -2.26. The van der Waals surface area contributed by atoms with Crippen LogP contribution in [0.4, 0.5) is 35.9 Å². The summed E-state index contributed by atoms with van der Waals surface area (Å²) in [5, 5.41) is 2.74. The first-order chi connectivity index (χ1) is 18.0. The van der Waals surface area contributed by atoms with Crippen molar-refractivity contribution in [2.24, 2.45) is 0 Å². The Kier molecular flexibility index (Phi) is 6.56. The summed E-state index contributed by atoms with van der Waals surface area (Å²) in [5.74, 6) is -0.449. The minimum atomic E-state index is -5.63. The molecule has 2 aliphatic rings. The standard InChI is InChI=1S/C27H25F3N4O3S/c1-33(20-10-12-21(13-11-20)34-15-5-6-16-34)25(18-7-3-2-4-8-18)24-22-17-19(9-14-23(22)31-26(24)35)32-38(36,37)27(28,29)30/h2-4,7-14,17,32H,5-6,15-16H2,1H3,(H,31,35). The van der Waals surface area contributed by atoms with Gasteiger partial charge in [0.1, 0.15) is 0 Å². The quantitative estimate of drug-likeness (QED) is 0.402. The van der Waals surface area contributed by atoms with Gasteiger partial charge in [-0.2, -0.15) is 21.6 Å². The second-order valence-electron chi connectivity index (χ2n) is 9.12. The average Bonchev–Trinajstić information content (AvgIpc) is 3.53. The van der Waals surface area contributed by atoms with E-state index in [0.717, 1.165) is 37.3 Å². The van der Waals surface area contributed by atoms with Crippen LogP contribution >= 0.6 is 0 Å². The number of nitrogens with one attached hydrogen (secondary N) is 2. The van der Waals surface area contributed by atoms with E-state index in [1.807, 2.05) is 66.5 Å². The van der Waals surface area contributed by atoms with Crippen LogP contribution in [0.15, 0.2) is 72.8 Å². The third-order valence-electron chi connectivity index (χ3n) is 6.65. The molecule has 7 nitrogen and oxygen atoms in total. The van der Waals surface area contributed by atoms with Gasteiger partial charge >= 0.3 is 15.5 Å². The minimum absolute atomic E-state index is 0.213. The highest BCUT2D eigenvalue weighted by molar-refractivity contribution is 7.93. The summed E-state index contributed by atoms with van der Waals surface area (Å²) >= 11 is 0. The molecule has 0 aliphatic carbocycles. The molecule has 3 aromatic carbocycles. The average molecular weight is 543 g/mol. The first-order valence-corrected chi connectivity index (χ1v) is 13.5. The van der Waals surface area contributed by atoms with Crippen LogP contribution in [0.2, 0.25) is 0 Å². The van der Waals surface area contributed by atoms with Crippen molar-refractivity contribution in [3.63, 3.8) is 0 Å². The maximum absolute atomic E-state index is 13.2. The summed E-state index contributed by atoms with van der Waals surface area (Å²) < 4.78 is 63.9. The van der Waals surface area contributed by atoms with Crippen LogP contribution < -0.4 is 19.8 Å². The molecule has 0 bridgehead atoms. The fraction of sp³-hybridized carbons (Fsp3) is 0.222. The first kappa shape index (κ1) is 25.7. The van der Waals surface area contributed by atoms with Crippen molar-refractivity contribution in [2.45, 2.75) is 18.3 Å². The number of benzene rings is 3. The zero-order valence-electron chi connectivity index (χ0n) is 20.4. The van der Waals surface area contributed by atoms with Gasteiger partial charge in [0.2, 0.25) is 0 Å². The number of carbonyl (C=O) groups excluding carboxylic acids is 1. The van der Waals surface area contributed by atoms with Crippen LogP contribution in [-0.4, -0.2) is 40.0 Å². The van der Waals surface area contributed by atoms with Gasteiger partial charge in [-0.15, -0.1) is 0 Å². The van der Waals surface area contributed by atoms with E-state index in [2.05, 4.69) is 10.2 Å². The predicted molar refractivity (Wildman–Crippen MR) is 143 cm³/mol. The molecule has 0 unspecified atom stereocenters. The van der Waals surface area contributed by atoms with Gasteiger partial charge in [0.15, 0.2) is 0 Å². The van der Waals surface area contributed by atoms with Crippen molar-refractivity contribution >= 4 is 50.0 Å². The number of fused-ring (bicyclic) bond motifs is 1. The molecule has 11 heteroatoms. The number of hydrogen-bond acceptors (Lipinski definition) is 5. The molecule has 0 saturated carbocycles. The zero-order valence-corrected chi connectivity index (χ0v) is 21.2. The van der Waals surface area contributed by atoms with Gasteiger partial charge in [-0.1, -0.05) is 30.3 Å². The molecule has 0 spiro atoms. The van der Waals surface area contributed by atoms with E-state index in [9.17, 15) is 26.4 Å². The van der Waals surface area contributed by atoms with E-state index in [4.69, 9.17) is 0 Å². The smallest absolute Gasteiger partial charge is 0.372 e. The highest BCUT2D eigenvalue weighted by Crippen LogP contribution is 2.41. The Bertz CT molecular complexity index is 1500. The number of halogens is 3. The van der Waals surface area contributed by atoms with Crippen molar-refractivity contribution in [2.75, 3.05) is 40.0 Å². The molecular formula is C27H25F3N4O3S. The van der Waals surface area contributed by atoms with E-state index < -0.39 is 21.4 Å². The number of amides is 1. The molecule has 3 aromatic rings. The fourth-order valence-electron chi connectivity index (χ4n) is 4.77. The molecule has 198 valence electrons. The van der Waals surface area contributed by atoms with Crippen molar-refractivity contribution < 1.29 is 26.4 Å². The second-order valence-corrected chi connectivity index (χ2v) is 10.8. The Hall–Kier alpha value is -3.99. The number of hydrogen-bond donors (Lipinski definition) is 2. The summed E-state index contributed by atoms with van der Waals surface area (Å²) in [5.41, 5.74) is -1.78. The maximum atomic E-state index is 13.2. The number of sulfonamides is 1. The number of carbonyl (C=O) groups is 1. The first-order valence-electron chi connectivity index (χ1n) is 12.0. The van der Waals surface area contributed by atoms with Gasteiger partial charge in [-0.05, 0) is 60.9 Å². The van der Waals surface area contributed by atoms with Crippen LogP contribution in [0, 0.1) is 0 Å². The van der Waals surface area contributed by atoms with Crippen LogP contribution in [0.3, 0.4) is 0 Å². The monoisotopic (exact) mass is 542 g/mol. The summed E-state index contributed by atoms with van der Waals surface area (Å²) in [6.45, 7) is 2.01. The summed E-state index contributed by atoms with van der Waals surface area (Å²) in [6.07, 6.45) is 2.31. The highest BCUT2D eigenvalue weighted by Gasteiger charge is 2.46. The Morgan fingerprint density at radius 2 is 1.63 bits per heavy atom. The van der Waals surface area contributed by atoms with Crippen LogP contribution in [-0.2, 0) is 14.8 Å². The Morgan fingerprint density at radius 1 is 0.974 bits per heavy atom. The molecule has 0 atom stereocenters. The lowest BCUT2D eigenvalue weighted by Crippen LogP contribution is -2.29. The van der Waals surface area contributed by atoms with Crippen LogP contribution in [0.1, 0.15) is 24.0 Å². The van der Waals surface area contributed by atoms with E-state index in [1.54, 1.807) is 4.72 Å². The number of nitrogens with zero attached hydrogens (tertiary/aromatic N) is 2. The molecule has 1 amide bonds. The lowest BCUT2D eigenvalue weighted by atomic mass is 9.98. The zero-order chi connectivity index (χ0) is 27.1. The molecule has 0 radical (unpaired) electrons. The molecule has 2 N–H and O–H groups in total. The minimum Gasteiger partial charge on any atom is -0.372 e. The van der Waals surface area contributed by atoms with Crippen molar-refractivity contribution in [3.05, 3.63) is 83.9 Å². The number of rotatable bonds is 6. The lowest BCUT2D eigenvalue weighted by molar-refractivity contribution is -0.110. The van der Waals surface area contributed by atoms with E-state index in [-0.39, 0.29) is 16.8 Å². The Morgan fingerprint density at radius 3 is 2.26 bits per heavy atom. The summed E-state index contributed by atoms with van der Waals surface area (Å²) in [6, 6.07) is 20.9. The highest BCUT2D eigenvalue weighted by atomic mass is 32.2. The fourth-order valence-corrected chi connectivity index (χ4v) is 5.33. The van der Waals surface area contributed by atoms with E-state index >= 15 is 0 Å². The Balaban J connectivity index is 1.60. The van der Waals surface area contributed by atoms with Crippen molar-refractivity contribution in [1.82, 2.24) is 0 Å². The molecule has 1 fully saturated rings. The molecule has 2 aliphatic heterocycles. The van der Waals surface area contributed by atoms with Crippen molar-refractivity contribution in [3.8, 4) is 0 Å². The summed E-state index contributed by atoms with van der Waals surface area (Å²) in [4.78, 5) is 17.4. The van der Waals surface area contributed by atoms with Gasteiger partial charge in [0.05, 0.1) is 11.3 Å². The topological polar surface area (TPSA) is 81.8 Å². The number of alkyl halides is 3. The third kappa shape index (κ3) is 4.81. The van der Waals surface area contributed by atoms with Gasteiger partial charge in [0, 0.05) is 48.5 Å². The van der Waals surface area contributed by atoms with Gasteiger partial charge in [-0.25, -0.2) is 0 Å². The third-order valence-corrected chi connectivity index (χ3v) is 7.76. The predicted octanol–water partition coefficient (Wildman–Crippen LogP) is 5.51. The molecule has 0 aromatic heterocycles. The number of anilines is 4. The molecular weight excluding hydrogens is 517 g/mol. The molecule has 5 rings (SSSR count). The van der Waals surface area contributed by atoms with Crippen LogP contribution in [0.5, 0.6) is 0 Å². The SMILES string of the molecule is CN(C(=C1C(=O)Nc2ccc(NS(=O)(=O)C(F)(F)F)cc21)c1ccccc1)c1ccc(N2CCCC2)cc1. The Labute approximate surface area is 218 Å². The molecule has 38 heavy (non-hydrogen) atoms. The second kappa shape index (κ2) is 9.71.